The van der Waals surface area contributed by atoms with Gasteiger partial charge in [0.1, 0.15) is 5.75 Å². The second-order valence-corrected chi connectivity index (χ2v) is 10.4. The van der Waals surface area contributed by atoms with Gasteiger partial charge in [0, 0.05) is 0 Å². The van der Waals surface area contributed by atoms with Crippen molar-refractivity contribution in [3.8, 4) is 5.75 Å². The average Bonchev–Trinajstić information content (AvgIpc) is 2.82. The Bertz CT molecular complexity index is 776. The maximum Gasteiger partial charge on any atom is 0.197 e. The first kappa shape index (κ1) is 25.8. The molecule has 1 aliphatic carbocycles. The summed E-state index contributed by atoms with van der Waals surface area (Å²) < 4.78 is 17.9. The Balaban J connectivity index is 1.33. The highest BCUT2D eigenvalue weighted by molar-refractivity contribution is 5.30. The highest BCUT2D eigenvalue weighted by Gasteiger charge is 2.22. The van der Waals surface area contributed by atoms with Crippen LogP contribution in [0.5, 0.6) is 5.75 Å². The molecule has 0 amide bonds. The van der Waals surface area contributed by atoms with Crippen molar-refractivity contribution >= 4 is 0 Å². The van der Waals surface area contributed by atoms with Crippen LogP contribution in [0.2, 0.25) is 0 Å². The van der Waals surface area contributed by atoms with E-state index in [0.29, 0.717) is 43.0 Å². The number of hydrogen-bond donors (Lipinski definition) is 0. The number of rotatable bonds is 12. The van der Waals surface area contributed by atoms with E-state index in [4.69, 9.17) is 14.2 Å². The van der Waals surface area contributed by atoms with Gasteiger partial charge in [0.15, 0.2) is 6.29 Å². The Labute approximate surface area is 201 Å². The van der Waals surface area contributed by atoms with Crippen molar-refractivity contribution in [2.75, 3.05) is 13.2 Å². The van der Waals surface area contributed by atoms with Gasteiger partial charge in [0.2, 0.25) is 0 Å². The molecule has 3 rings (SSSR count). The van der Waals surface area contributed by atoms with Crippen molar-refractivity contribution < 1.29 is 14.2 Å². The van der Waals surface area contributed by atoms with E-state index in [0.717, 1.165) is 18.6 Å². The average molecular weight is 453 g/mol. The van der Waals surface area contributed by atoms with Gasteiger partial charge in [0.25, 0.3) is 0 Å². The van der Waals surface area contributed by atoms with E-state index in [1.807, 2.05) is 6.92 Å². The van der Waals surface area contributed by atoms with Crippen molar-refractivity contribution in [1.82, 2.24) is 0 Å². The molecule has 1 aliphatic rings. The molecule has 0 bridgehead atoms. The first-order chi connectivity index (χ1) is 15.9. The molecule has 1 fully saturated rings. The molecule has 2 atom stereocenters. The van der Waals surface area contributed by atoms with Crippen molar-refractivity contribution in [3.63, 3.8) is 0 Å². The van der Waals surface area contributed by atoms with E-state index in [2.05, 4.69) is 82.3 Å². The Morgan fingerprint density at radius 1 is 0.788 bits per heavy atom. The van der Waals surface area contributed by atoms with Crippen LogP contribution in [0.3, 0.4) is 0 Å². The van der Waals surface area contributed by atoms with E-state index >= 15 is 0 Å². The lowest BCUT2D eigenvalue weighted by Gasteiger charge is -2.29. The lowest BCUT2D eigenvalue weighted by Crippen LogP contribution is -2.24. The van der Waals surface area contributed by atoms with Gasteiger partial charge in [-0.3, -0.25) is 0 Å². The molecule has 0 N–H and O–H groups in total. The summed E-state index contributed by atoms with van der Waals surface area (Å²) in [4.78, 5) is 0. The smallest absolute Gasteiger partial charge is 0.197 e. The molecule has 2 aromatic carbocycles. The fourth-order valence-corrected chi connectivity index (χ4v) is 5.04. The second-order valence-electron chi connectivity index (χ2n) is 10.4. The van der Waals surface area contributed by atoms with Gasteiger partial charge in [0.05, 0.1) is 19.3 Å². The molecule has 33 heavy (non-hydrogen) atoms. The third-order valence-electron chi connectivity index (χ3n) is 6.88. The highest BCUT2D eigenvalue weighted by Crippen LogP contribution is 2.34. The molecular formula is C30H44O3. The third-order valence-corrected chi connectivity index (χ3v) is 6.88. The molecule has 0 aromatic heterocycles. The zero-order chi connectivity index (χ0) is 23.6. The maximum atomic E-state index is 6.08. The molecule has 0 radical (unpaired) electrons. The van der Waals surface area contributed by atoms with Crippen LogP contribution in [-0.4, -0.2) is 25.6 Å². The van der Waals surface area contributed by atoms with E-state index < -0.39 is 0 Å². The lowest BCUT2D eigenvalue weighted by atomic mass is 9.82. The summed E-state index contributed by atoms with van der Waals surface area (Å²) in [5.41, 5.74) is 2.87. The van der Waals surface area contributed by atoms with Gasteiger partial charge in [-0.25, -0.2) is 0 Å². The lowest BCUT2D eigenvalue weighted by molar-refractivity contribution is -0.0944. The summed E-state index contributed by atoms with van der Waals surface area (Å²) in [7, 11) is 0. The predicted molar refractivity (Wildman–Crippen MR) is 137 cm³/mol. The van der Waals surface area contributed by atoms with Crippen LogP contribution in [0.15, 0.2) is 54.6 Å². The Kier molecular flexibility index (Phi) is 10.3. The van der Waals surface area contributed by atoms with Crippen molar-refractivity contribution in [1.29, 1.82) is 0 Å². The van der Waals surface area contributed by atoms with Crippen LogP contribution in [0, 0.1) is 11.8 Å². The van der Waals surface area contributed by atoms with Gasteiger partial charge >= 0.3 is 0 Å². The molecule has 0 saturated heterocycles. The molecule has 2 aromatic rings. The topological polar surface area (TPSA) is 27.7 Å². The maximum absolute atomic E-state index is 6.08. The summed E-state index contributed by atoms with van der Waals surface area (Å²) in [5.74, 6) is 3.46. The predicted octanol–water partition coefficient (Wildman–Crippen LogP) is 7.96. The minimum absolute atomic E-state index is 0.287. The minimum atomic E-state index is -0.287. The van der Waals surface area contributed by atoms with Crippen LogP contribution in [0.25, 0.3) is 0 Å². The fourth-order valence-electron chi connectivity index (χ4n) is 5.04. The minimum Gasteiger partial charge on any atom is -0.465 e. The summed E-state index contributed by atoms with van der Waals surface area (Å²) in [6, 6.07) is 19.5. The Morgan fingerprint density at radius 3 is 2.06 bits per heavy atom. The van der Waals surface area contributed by atoms with Gasteiger partial charge < -0.3 is 14.2 Å². The molecule has 3 nitrogen and oxygen atoms in total. The zero-order valence-electron chi connectivity index (χ0n) is 21.3. The molecule has 0 heterocycles. The van der Waals surface area contributed by atoms with Crippen molar-refractivity contribution in [2.24, 2.45) is 11.8 Å². The number of hydrogen-bond acceptors (Lipinski definition) is 3. The largest absolute Gasteiger partial charge is 0.465 e. The van der Waals surface area contributed by atoms with Gasteiger partial charge in [-0.05, 0) is 86.0 Å². The highest BCUT2D eigenvalue weighted by atomic mass is 16.7. The molecule has 0 aliphatic heterocycles. The molecule has 2 unspecified atom stereocenters. The van der Waals surface area contributed by atoms with Gasteiger partial charge in [-0.15, -0.1) is 0 Å². The van der Waals surface area contributed by atoms with Crippen LogP contribution in [-0.2, 0) is 9.47 Å². The first-order valence-electron chi connectivity index (χ1n) is 13.0. The third kappa shape index (κ3) is 8.46. The summed E-state index contributed by atoms with van der Waals surface area (Å²) in [6.45, 7) is 12.3. The quantitative estimate of drug-likeness (QED) is 0.241. The van der Waals surface area contributed by atoms with Crippen molar-refractivity contribution in [3.05, 3.63) is 65.7 Å². The molecule has 182 valence electrons. The van der Waals surface area contributed by atoms with Crippen LogP contribution in [0.4, 0.5) is 0 Å². The Morgan fingerprint density at radius 2 is 1.45 bits per heavy atom. The summed E-state index contributed by atoms with van der Waals surface area (Å²) in [6.07, 6.45) is 5.96. The molecular weight excluding hydrogens is 408 g/mol. The molecule has 1 saturated carbocycles. The molecule has 3 heteroatoms. The van der Waals surface area contributed by atoms with Gasteiger partial charge in [-0.1, -0.05) is 70.2 Å². The van der Waals surface area contributed by atoms with E-state index in [9.17, 15) is 0 Å². The van der Waals surface area contributed by atoms with Gasteiger partial charge in [-0.2, -0.15) is 0 Å². The van der Waals surface area contributed by atoms with E-state index in [-0.39, 0.29) is 6.29 Å². The second kappa shape index (κ2) is 13.2. The fraction of sp³-hybridized carbons (Fsp3) is 0.600. The standard InChI is InChI=1S/C30H44O3/c1-22(2)21-30(23(3)4)27-13-17-29(18-14-27)33-24(5)31-19-20-32-28-15-11-26(12-16-28)25-9-7-6-8-10-25/h6-10,13-14,17-18,22-24,26,28,30H,11-12,15-16,19-21H2,1-5H3. The Hall–Kier alpha value is -1.84. The van der Waals surface area contributed by atoms with E-state index in [1.54, 1.807) is 0 Å². The first-order valence-corrected chi connectivity index (χ1v) is 13.0. The zero-order valence-corrected chi connectivity index (χ0v) is 21.3. The monoisotopic (exact) mass is 452 g/mol. The normalized spacial score (nSPS) is 20.7. The summed E-state index contributed by atoms with van der Waals surface area (Å²) >= 11 is 0. The van der Waals surface area contributed by atoms with Crippen molar-refractivity contribution in [2.45, 2.75) is 91.0 Å². The van der Waals surface area contributed by atoms with Crippen LogP contribution < -0.4 is 4.74 Å². The number of benzene rings is 2. The molecule has 0 spiro atoms. The number of ether oxygens (including phenoxy) is 3. The van der Waals surface area contributed by atoms with Crippen LogP contribution >= 0.6 is 0 Å². The SMILES string of the molecule is CC(C)CC(c1ccc(OC(C)OCCOC2CCC(c3ccccc3)CC2)cc1)C(C)C. The summed E-state index contributed by atoms with van der Waals surface area (Å²) in [5, 5.41) is 0. The van der Waals surface area contributed by atoms with E-state index in [1.165, 1.54) is 30.4 Å². The van der Waals surface area contributed by atoms with Crippen LogP contribution in [0.1, 0.15) is 89.7 Å².